The van der Waals surface area contributed by atoms with Gasteiger partial charge in [-0.15, -0.1) is 0 Å². The zero-order chi connectivity index (χ0) is 16.7. The molecule has 2 unspecified atom stereocenters. The summed E-state index contributed by atoms with van der Waals surface area (Å²) in [5.74, 6) is 0. The Morgan fingerprint density at radius 1 is 1.09 bits per heavy atom. The molecule has 2 atom stereocenters. The molecule has 2 nitrogen and oxygen atoms in total. The Hall–Kier alpha value is -1.35. The van der Waals surface area contributed by atoms with Crippen LogP contribution < -0.4 is 5.32 Å². The molecule has 124 valence electrons. The largest absolute Gasteiger partial charge is 0.387 e. The molecule has 0 bridgehead atoms. The van der Waals surface area contributed by atoms with Crippen molar-refractivity contribution in [2.24, 2.45) is 0 Å². The van der Waals surface area contributed by atoms with E-state index < -0.39 is 6.10 Å². The van der Waals surface area contributed by atoms with Gasteiger partial charge in [-0.05, 0) is 48.6 Å². The molecular formula is C20H26ClNO. The number of rotatable bonds is 8. The van der Waals surface area contributed by atoms with Crippen molar-refractivity contribution in [3.05, 3.63) is 70.2 Å². The van der Waals surface area contributed by atoms with Gasteiger partial charge in [0, 0.05) is 17.6 Å². The zero-order valence-corrected chi connectivity index (χ0v) is 14.7. The lowest BCUT2D eigenvalue weighted by Gasteiger charge is -2.18. The average Bonchev–Trinajstić information content (AvgIpc) is 2.55. The summed E-state index contributed by atoms with van der Waals surface area (Å²) in [7, 11) is 0. The minimum absolute atomic E-state index is 0.306. The van der Waals surface area contributed by atoms with Crippen LogP contribution in [0.2, 0.25) is 5.02 Å². The van der Waals surface area contributed by atoms with E-state index in [-0.39, 0.29) is 0 Å². The van der Waals surface area contributed by atoms with Crippen LogP contribution in [-0.2, 0) is 12.8 Å². The molecule has 0 fully saturated rings. The minimum atomic E-state index is -0.539. The molecule has 0 aliphatic rings. The Kier molecular flexibility index (Phi) is 7.10. The highest BCUT2D eigenvalue weighted by Crippen LogP contribution is 2.17. The lowest BCUT2D eigenvalue weighted by molar-refractivity contribution is 0.170. The van der Waals surface area contributed by atoms with Gasteiger partial charge in [-0.25, -0.2) is 0 Å². The van der Waals surface area contributed by atoms with Gasteiger partial charge in [-0.3, -0.25) is 0 Å². The molecule has 2 aromatic rings. The SMILES string of the molecule is CCCc1ccc(CC(C)NCC(O)c2cccc(Cl)c2)cc1. The summed E-state index contributed by atoms with van der Waals surface area (Å²) in [4.78, 5) is 0. The highest BCUT2D eigenvalue weighted by Gasteiger charge is 2.10. The van der Waals surface area contributed by atoms with Crippen LogP contribution in [0.5, 0.6) is 0 Å². The molecule has 2 N–H and O–H groups in total. The number of hydrogen-bond donors (Lipinski definition) is 2. The van der Waals surface area contributed by atoms with Gasteiger partial charge < -0.3 is 10.4 Å². The summed E-state index contributed by atoms with van der Waals surface area (Å²) in [6.07, 6.45) is 2.73. The Morgan fingerprint density at radius 3 is 2.43 bits per heavy atom. The number of benzene rings is 2. The Balaban J connectivity index is 1.81. The molecule has 0 saturated carbocycles. The topological polar surface area (TPSA) is 32.3 Å². The van der Waals surface area contributed by atoms with E-state index in [1.165, 1.54) is 17.5 Å². The first kappa shape index (κ1) is 18.0. The number of aryl methyl sites for hydroxylation is 1. The van der Waals surface area contributed by atoms with Gasteiger partial charge in [-0.2, -0.15) is 0 Å². The van der Waals surface area contributed by atoms with Crippen LogP contribution in [0.3, 0.4) is 0 Å². The Labute approximate surface area is 144 Å². The third kappa shape index (κ3) is 5.98. The maximum atomic E-state index is 10.2. The van der Waals surface area contributed by atoms with E-state index >= 15 is 0 Å². The van der Waals surface area contributed by atoms with Crippen LogP contribution in [0.1, 0.15) is 43.1 Å². The maximum absolute atomic E-state index is 10.2. The lowest BCUT2D eigenvalue weighted by Crippen LogP contribution is -2.32. The van der Waals surface area contributed by atoms with Crippen molar-refractivity contribution in [2.45, 2.75) is 45.3 Å². The van der Waals surface area contributed by atoms with Crippen molar-refractivity contribution in [1.82, 2.24) is 5.32 Å². The molecule has 2 aromatic carbocycles. The summed E-state index contributed by atoms with van der Waals surface area (Å²) in [6.45, 7) is 4.87. The molecule has 0 amide bonds. The number of aliphatic hydroxyl groups is 1. The third-order valence-corrected chi connectivity index (χ3v) is 4.23. The summed E-state index contributed by atoms with van der Waals surface area (Å²) in [6, 6.07) is 16.5. The molecule has 0 aliphatic heterocycles. The standard InChI is InChI=1S/C20H26ClNO/c1-3-5-16-8-10-17(11-9-16)12-15(2)22-14-20(23)18-6-4-7-19(21)13-18/h4,6-11,13,15,20,22-23H,3,5,12,14H2,1-2H3. The summed E-state index contributed by atoms with van der Waals surface area (Å²) >= 11 is 5.96. The van der Waals surface area contributed by atoms with E-state index in [0.29, 0.717) is 17.6 Å². The summed E-state index contributed by atoms with van der Waals surface area (Å²) in [5, 5.41) is 14.3. The van der Waals surface area contributed by atoms with E-state index in [9.17, 15) is 5.11 Å². The van der Waals surface area contributed by atoms with Gasteiger partial charge in [0.05, 0.1) is 6.10 Å². The number of aliphatic hydroxyl groups excluding tert-OH is 1. The highest BCUT2D eigenvalue weighted by atomic mass is 35.5. The van der Waals surface area contributed by atoms with Gasteiger partial charge in [-0.1, -0.05) is 61.3 Å². The molecular weight excluding hydrogens is 306 g/mol. The normalized spacial score (nSPS) is 13.7. The van der Waals surface area contributed by atoms with Gasteiger partial charge >= 0.3 is 0 Å². The van der Waals surface area contributed by atoms with Crippen molar-refractivity contribution >= 4 is 11.6 Å². The third-order valence-electron chi connectivity index (χ3n) is 4.00. The first-order valence-electron chi connectivity index (χ1n) is 8.33. The molecule has 3 heteroatoms. The van der Waals surface area contributed by atoms with Crippen molar-refractivity contribution in [3.8, 4) is 0 Å². The summed E-state index contributed by atoms with van der Waals surface area (Å²) < 4.78 is 0. The molecule has 2 rings (SSSR count). The molecule has 0 heterocycles. The zero-order valence-electron chi connectivity index (χ0n) is 13.9. The first-order chi connectivity index (χ1) is 11.1. The Morgan fingerprint density at radius 2 is 1.78 bits per heavy atom. The summed E-state index contributed by atoms with van der Waals surface area (Å²) in [5.41, 5.74) is 3.57. The monoisotopic (exact) mass is 331 g/mol. The van der Waals surface area contributed by atoms with E-state index in [0.717, 1.165) is 18.4 Å². The lowest BCUT2D eigenvalue weighted by atomic mass is 10.0. The highest BCUT2D eigenvalue weighted by molar-refractivity contribution is 6.30. The Bertz CT molecular complexity index is 597. The molecule has 0 saturated heterocycles. The van der Waals surface area contributed by atoms with Crippen LogP contribution >= 0.6 is 11.6 Å². The van der Waals surface area contributed by atoms with E-state index in [2.05, 4.69) is 43.4 Å². The van der Waals surface area contributed by atoms with Crippen LogP contribution in [0.25, 0.3) is 0 Å². The van der Waals surface area contributed by atoms with E-state index in [4.69, 9.17) is 11.6 Å². The van der Waals surface area contributed by atoms with Gasteiger partial charge in [0.25, 0.3) is 0 Å². The average molecular weight is 332 g/mol. The quantitative estimate of drug-likeness (QED) is 0.744. The predicted molar refractivity (Wildman–Crippen MR) is 98.0 cm³/mol. The number of halogens is 1. The van der Waals surface area contributed by atoms with Gasteiger partial charge in [0.1, 0.15) is 0 Å². The van der Waals surface area contributed by atoms with Crippen molar-refractivity contribution in [2.75, 3.05) is 6.54 Å². The molecule has 0 aliphatic carbocycles. The first-order valence-corrected chi connectivity index (χ1v) is 8.71. The van der Waals surface area contributed by atoms with Crippen LogP contribution in [0.4, 0.5) is 0 Å². The molecule has 23 heavy (non-hydrogen) atoms. The number of nitrogens with one attached hydrogen (secondary N) is 1. The van der Waals surface area contributed by atoms with Crippen LogP contribution in [-0.4, -0.2) is 17.7 Å². The van der Waals surface area contributed by atoms with Crippen LogP contribution in [0, 0.1) is 0 Å². The van der Waals surface area contributed by atoms with Gasteiger partial charge in [0.15, 0.2) is 0 Å². The predicted octanol–water partition coefficient (Wildman–Crippen LogP) is 4.55. The second kappa shape index (κ2) is 9.07. The van der Waals surface area contributed by atoms with Gasteiger partial charge in [0.2, 0.25) is 0 Å². The molecule has 0 aromatic heterocycles. The van der Waals surface area contributed by atoms with Crippen LogP contribution in [0.15, 0.2) is 48.5 Å². The van der Waals surface area contributed by atoms with Crippen molar-refractivity contribution in [3.63, 3.8) is 0 Å². The second-order valence-electron chi connectivity index (χ2n) is 6.15. The fraction of sp³-hybridized carbons (Fsp3) is 0.400. The van der Waals surface area contributed by atoms with Crippen molar-refractivity contribution < 1.29 is 5.11 Å². The molecule has 0 radical (unpaired) electrons. The molecule has 0 spiro atoms. The number of hydrogen-bond acceptors (Lipinski definition) is 2. The van der Waals surface area contributed by atoms with E-state index in [1.807, 2.05) is 24.3 Å². The van der Waals surface area contributed by atoms with Crippen molar-refractivity contribution in [1.29, 1.82) is 0 Å². The minimum Gasteiger partial charge on any atom is -0.387 e. The van der Waals surface area contributed by atoms with E-state index in [1.54, 1.807) is 0 Å². The maximum Gasteiger partial charge on any atom is 0.0914 e. The second-order valence-corrected chi connectivity index (χ2v) is 6.59. The smallest absolute Gasteiger partial charge is 0.0914 e. The fourth-order valence-electron chi connectivity index (χ4n) is 2.70. The fourth-order valence-corrected chi connectivity index (χ4v) is 2.90.